The molecule has 0 radical (unpaired) electrons. The fourth-order valence-corrected chi connectivity index (χ4v) is 8.41. The first-order valence-corrected chi connectivity index (χ1v) is 16.1. The van der Waals surface area contributed by atoms with E-state index in [-0.39, 0.29) is 0 Å². The quantitative estimate of drug-likeness (QED) is 0.200. The minimum atomic E-state index is 0.920. The van der Waals surface area contributed by atoms with Crippen molar-refractivity contribution in [2.45, 2.75) is 0 Å². The summed E-state index contributed by atoms with van der Waals surface area (Å²) in [4.78, 5) is 0. The number of nitrogens with zero attached hydrogens (tertiary/aromatic N) is 1. The van der Waals surface area contributed by atoms with E-state index in [4.69, 9.17) is 4.42 Å². The van der Waals surface area contributed by atoms with Crippen molar-refractivity contribution in [1.82, 2.24) is 4.57 Å². The van der Waals surface area contributed by atoms with Gasteiger partial charge in [-0.1, -0.05) is 103 Å². The number of furan rings is 1. The van der Waals surface area contributed by atoms with Crippen LogP contribution in [0.3, 0.4) is 0 Å². The number of para-hydroxylation sites is 2. The summed E-state index contributed by atoms with van der Waals surface area (Å²) in [5, 5.41) is 7.42. The van der Waals surface area contributed by atoms with Gasteiger partial charge in [-0.3, -0.25) is 0 Å². The standard InChI is InChI=1S/C42H25NOS/c1-2-11-26(12-3-1)27-13-10-14-29(23-27)43-36-18-7-4-15-30(36)35-25-33(42-40(41(35)43)32-17-6-9-20-39(32)45-42)28-21-22-38-34(24-28)31-16-5-8-19-37(31)44-38/h1-25H. The Morgan fingerprint density at radius 2 is 1.20 bits per heavy atom. The molecule has 0 bridgehead atoms. The van der Waals surface area contributed by atoms with Crippen molar-refractivity contribution in [2.24, 2.45) is 0 Å². The topological polar surface area (TPSA) is 18.1 Å². The maximum absolute atomic E-state index is 6.20. The Hall–Kier alpha value is -5.64. The lowest BCUT2D eigenvalue weighted by Gasteiger charge is -2.12. The number of rotatable bonds is 3. The second kappa shape index (κ2) is 9.43. The fraction of sp³-hybridized carbons (Fsp3) is 0. The van der Waals surface area contributed by atoms with Crippen LogP contribution in [0.2, 0.25) is 0 Å². The monoisotopic (exact) mass is 591 g/mol. The van der Waals surface area contributed by atoms with Gasteiger partial charge in [-0.2, -0.15) is 0 Å². The Morgan fingerprint density at radius 3 is 2.11 bits per heavy atom. The van der Waals surface area contributed by atoms with Crippen LogP contribution in [0.15, 0.2) is 156 Å². The summed E-state index contributed by atoms with van der Waals surface area (Å²) in [5.74, 6) is 0. The molecule has 10 rings (SSSR count). The molecule has 2 nitrogen and oxygen atoms in total. The zero-order chi connectivity index (χ0) is 29.5. The Kier molecular flexibility index (Phi) is 5.19. The second-order valence-electron chi connectivity index (χ2n) is 11.7. The van der Waals surface area contributed by atoms with Crippen LogP contribution < -0.4 is 0 Å². The van der Waals surface area contributed by atoms with E-state index in [2.05, 4.69) is 144 Å². The highest BCUT2D eigenvalue weighted by molar-refractivity contribution is 7.26. The number of fused-ring (bicyclic) bond motifs is 10. The van der Waals surface area contributed by atoms with Crippen LogP contribution in [0, 0.1) is 0 Å². The van der Waals surface area contributed by atoms with Crippen LogP contribution in [0.4, 0.5) is 0 Å². The zero-order valence-corrected chi connectivity index (χ0v) is 25.0. The molecule has 0 atom stereocenters. The van der Waals surface area contributed by atoms with Crippen molar-refractivity contribution in [1.29, 1.82) is 0 Å². The van der Waals surface area contributed by atoms with Crippen LogP contribution >= 0.6 is 11.3 Å². The minimum absolute atomic E-state index is 0.920. The average Bonchev–Trinajstić information content (AvgIpc) is 3.78. The molecule has 3 aromatic heterocycles. The van der Waals surface area contributed by atoms with Gasteiger partial charge < -0.3 is 8.98 Å². The molecule has 10 aromatic rings. The molecule has 0 aliphatic rings. The summed E-state index contributed by atoms with van der Waals surface area (Å²) in [6.45, 7) is 0. The minimum Gasteiger partial charge on any atom is -0.456 e. The SMILES string of the molecule is c1ccc(-c2cccc(-n3c4ccccc4c4cc(-c5ccc6oc7ccccc7c6c5)c5sc6ccccc6c5c43)c2)cc1. The Labute approximate surface area is 263 Å². The van der Waals surface area contributed by atoms with E-state index < -0.39 is 0 Å². The zero-order valence-electron chi connectivity index (χ0n) is 24.2. The fourth-order valence-electron chi connectivity index (χ4n) is 7.17. The van der Waals surface area contributed by atoms with Crippen LogP contribution in [-0.4, -0.2) is 4.57 Å². The number of benzene rings is 7. The number of hydrogen-bond acceptors (Lipinski definition) is 2. The lowest BCUT2D eigenvalue weighted by molar-refractivity contribution is 0.669. The number of thiophene rings is 1. The Morgan fingerprint density at radius 1 is 0.467 bits per heavy atom. The van der Waals surface area contributed by atoms with E-state index in [0.29, 0.717) is 0 Å². The molecule has 3 heterocycles. The maximum Gasteiger partial charge on any atom is 0.135 e. The molecular formula is C42H25NOS. The van der Waals surface area contributed by atoms with Crippen molar-refractivity contribution >= 4 is 75.3 Å². The van der Waals surface area contributed by atoms with Crippen molar-refractivity contribution in [3.05, 3.63) is 152 Å². The predicted octanol–water partition coefficient (Wildman–Crippen LogP) is 12.4. The molecule has 0 saturated carbocycles. The summed E-state index contributed by atoms with van der Waals surface area (Å²) in [7, 11) is 0. The summed E-state index contributed by atoms with van der Waals surface area (Å²) in [5.41, 5.74) is 10.4. The third-order valence-electron chi connectivity index (χ3n) is 9.18. The molecule has 0 aliphatic heterocycles. The lowest BCUT2D eigenvalue weighted by Crippen LogP contribution is -1.95. The first-order chi connectivity index (χ1) is 22.3. The highest BCUT2D eigenvalue weighted by Gasteiger charge is 2.22. The van der Waals surface area contributed by atoms with Crippen LogP contribution in [-0.2, 0) is 0 Å². The molecule has 0 spiro atoms. The second-order valence-corrected chi connectivity index (χ2v) is 12.8. The molecule has 0 aliphatic carbocycles. The molecule has 3 heteroatoms. The lowest BCUT2D eigenvalue weighted by atomic mass is 9.97. The Balaban J connectivity index is 1.34. The number of aromatic nitrogens is 1. The van der Waals surface area contributed by atoms with Gasteiger partial charge in [0.05, 0.1) is 11.0 Å². The summed E-state index contributed by atoms with van der Waals surface area (Å²) < 4.78 is 11.3. The molecule has 210 valence electrons. The average molecular weight is 592 g/mol. The molecule has 7 aromatic carbocycles. The van der Waals surface area contributed by atoms with E-state index in [1.807, 2.05) is 23.5 Å². The van der Waals surface area contributed by atoms with Gasteiger partial charge in [0, 0.05) is 53.0 Å². The van der Waals surface area contributed by atoms with Crippen molar-refractivity contribution in [3.63, 3.8) is 0 Å². The van der Waals surface area contributed by atoms with Crippen molar-refractivity contribution in [3.8, 4) is 27.9 Å². The number of hydrogen-bond donors (Lipinski definition) is 0. The maximum atomic E-state index is 6.20. The van der Waals surface area contributed by atoms with Gasteiger partial charge in [-0.15, -0.1) is 11.3 Å². The normalized spacial score (nSPS) is 12.0. The van der Waals surface area contributed by atoms with E-state index >= 15 is 0 Å². The van der Waals surface area contributed by atoms with E-state index in [1.54, 1.807) is 0 Å². The van der Waals surface area contributed by atoms with Crippen molar-refractivity contribution < 1.29 is 4.42 Å². The highest BCUT2D eigenvalue weighted by Crippen LogP contribution is 2.48. The summed E-state index contributed by atoms with van der Waals surface area (Å²) in [6.07, 6.45) is 0. The molecule has 0 N–H and O–H groups in total. The van der Waals surface area contributed by atoms with Crippen molar-refractivity contribution in [2.75, 3.05) is 0 Å². The summed E-state index contributed by atoms with van der Waals surface area (Å²) >= 11 is 1.89. The third kappa shape index (κ3) is 3.62. The molecule has 45 heavy (non-hydrogen) atoms. The Bertz CT molecular complexity index is 2760. The van der Waals surface area contributed by atoms with E-state index in [1.165, 1.54) is 64.2 Å². The van der Waals surface area contributed by atoms with Gasteiger partial charge in [0.25, 0.3) is 0 Å². The molecule has 0 unspecified atom stereocenters. The van der Waals surface area contributed by atoms with Crippen LogP contribution in [0.25, 0.3) is 91.9 Å². The molecule has 0 saturated heterocycles. The van der Waals surface area contributed by atoms with Crippen LogP contribution in [0.5, 0.6) is 0 Å². The van der Waals surface area contributed by atoms with E-state index in [9.17, 15) is 0 Å². The van der Waals surface area contributed by atoms with Crippen LogP contribution in [0.1, 0.15) is 0 Å². The predicted molar refractivity (Wildman–Crippen MR) is 192 cm³/mol. The van der Waals surface area contributed by atoms with Gasteiger partial charge in [-0.05, 0) is 65.2 Å². The molecule has 0 amide bonds. The van der Waals surface area contributed by atoms with Gasteiger partial charge in [0.15, 0.2) is 0 Å². The first-order valence-electron chi connectivity index (χ1n) is 15.3. The summed E-state index contributed by atoms with van der Waals surface area (Å²) in [6, 6.07) is 54.7. The third-order valence-corrected chi connectivity index (χ3v) is 10.4. The van der Waals surface area contributed by atoms with Gasteiger partial charge in [0.2, 0.25) is 0 Å². The largest absolute Gasteiger partial charge is 0.456 e. The first kappa shape index (κ1) is 24.8. The van der Waals surface area contributed by atoms with Gasteiger partial charge >= 0.3 is 0 Å². The smallest absolute Gasteiger partial charge is 0.135 e. The molecule has 0 fully saturated rings. The van der Waals surface area contributed by atoms with E-state index in [0.717, 1.165) is 27.6 Å². The molecular weight excluding hydrogens is 567 g/mol. The van der Waals surface area contributed by atoms with Gasteiger partial charge in [0.1, 0.15) is 11.2 Å². The highest BCUT2D eigenvalue weighted by atomic mass is 32.1. The van der Waals surface area contributed by atoms with Gasteiger partial charge in [-0.25, -0.2) is 0 Å².